The van der Waals surface area contributed by atoms with E-state index in [9.17, 15) is 4.39 Å². The quantitative estimate of drug-likeness (QED) is 0.565. The molecule has 9 nitrogen and oxygen atoms in total. The Kier molecular flexibility index (Phi) is 5.86. The molecule has 2 fully saturated rings. The highest BCUT2D eigenvalue weighted by Crippen LogP contribution is 2.42. The van der Waals surface area contributed by atoms with Gasteiger partial charge in [0.2, 0.25) is 0 Å². The van der Waals surface area contributed by atoms with Gasteiger partial charge in [0.25, 0.3) is 0 Å². The fraction of sp³-hybridized carbons (Fsp3) is 0.565. The van der Waals surface area contributed by atoms with Crippen molar-refractivity contribution in [3.63, 3.8) is 0 Å². The Balaban J connectivity index is 0.00000241. The molecular weight excluding hydrogens is 459 g/mol. The van der Waals surface area contributed by atoms with Gasteiger partial charge in [-0.25, -0.2) is 14.4 Å². The molecule has 3 aliphatic rings. The Morgan fingerprint density at radius 3 is 2.71 bits per heavy atom. The number of H-pyrrole nitrogens is 1. The predicted octanol–water partition coefficient (Wildman–Crippen LogP) is 3.29. The maximum atomic E-state index is 14.0. The van der Waals surface area contributed by atoms with Crippen LogP contribution in [0.5, 0.6) is 0 Å². The van der Waals surface area contributed by atoms with Crippen LogP contribution in [0.1, 0.15) is 44.7 Å². The number of nitrogens with two attached hydrogens (primary N) is 1. The Morgan fingerprint density at radius 2 is 1.97 bits per heavy atom. The first-order valence-corrected chi connectivity index (χ1v) is 11.7. The normalized spacial score (nSPS) is 26.1. The summed E-state index contributed by atoms with van der Waals surface area (Å²) < 4.78 is 19.8. The maximum Gasteiger partial charge on any atom is 0.183 e. The van der Waals surface area contributed by atoms with Crippen molar-refractivity contribution >= 4 is 40.9 Å². The van der Waals surface area contributed by atoms with Gasteiger partial charge in [-0.1, -0.05) is 6.92 Å². The van der Waals surface area contributed by atoms with Gasteiger partial charge in [0.15, 0.2) is 17.0 Å². The van der Waals surface area contributed by atoms with Crippen LogP contribution in [0.25, 0.3) is 11.2 Å². The zero-order valence-corrected chi connectivity index (χ0v) is 20.2. The second-order valence-electron chi connectivity index (χ2n) is 9.76. The Hall–Kier alpha value is -2.56. The van der Waals surface area contributed by atoms with E-state index in [1.54, 1.807) is 0 Å². The summed E-state index contributed by atoms with van der Waals surface area (Å²) in [6, 6.07) is 1.61. The van der Waals surface area contributed by atoms with E-state index in [0.717, 1.165) is 62.7 Å². The lowest BCUT2D eigenvalue weighted by molar-refractivity contribution is 0.0974. The lowest BCUT2D eigenvalue weighted by Crippen LogP contribution is -2.50. The molecule has 3 aromatic rings. The monoisotopic (exact) mass is 488 g/mol. The first-order chi connectivity index (χ1) is 15.9. The van der Waals surface area contributed by atoms with Crippen LogP contribution >= 0.6 is 12.4 Å². The number of hydrogen-bond donors (Lipinski definition) is 2. The SMILES string of the molecule is C[C@@H]1OCC2(CCN(c3cnc4c(N5CC[C@H](C)c6ncc(F)cc65)n[nH]c4n3)CC2)[C@@H]1N.Cl. The molecule has 182 valence electrons. The third-order valence-electron chi connectivity index (χ3n) is 7.83. The number of piperidine rings is 1. The molecule has 1 spiro atoms. The molecule has 0 radical (unpaired) electrons. The fourth-order valence-electron chi connectivity index (χ4n) is 5.61. The molecule has 0 unspecified atom stereocenters. The van der Waals surface area contributed by atoms with E-state index >= 15 is 0 Å². The number of aromatic nitrogens is 5. The lowest BCUT2D eigenvalue weighted by Gasteiger charge is -2.41. The van der Waals surface area contributed by atoms with Crippen molar-refractivity contribution < 1.29 is 9.13 Å². The molecule has 34 heavy (non-hydrogen) atoms. The summed E-state index contributed by atoms with van der Waals surface area (Å²) >= 11 is 0. The van der Waals surface area contributed by atoms with Gasteiger partial charge in [-0.15, -0.1) is 12.4 Å². The van der Waals surface area contributed by atoms with E-state index < -0.39 is 0 Å². The third-order valence-corrected chi connectivity index (χ3v) is 7.83. The van der Waals surface area contributed by atoms with Crippen molar-refractivity contribution in [2.24, 2.45) is 11.1 Å². The number of anilines is 3. The van der Waals surface area contributed by atoms with Crippen LogP contribution in [0.4, 0.5) is 21.7 Å². The molecule has 3 atom stereocenters. The van der Waals surface area contributed by atoms with E-state index in [-0.39, 0.29) is 41.7 Å². The molecule has 11 heteroatoms. The molecule has 6 heterocycles. The smallest absolute Gasteiger partial charge is 0.183 e. The number of hydrogen-bond acceptors (Lipinski definition) is 8. The summed E-state index contributed by atoms with van der Waals surface area (Å²) in [5.74, 6) is 1.40. The summed E-state index contributed by atoms with van der Waals surface area (Å²) in [4.78, 5) is 18.1. The Morgan fingerprint density at radius 1 is 1.18 bits per heavy atom. The van der Waals surface area contributed by atoms with Crippen LogP contribution in [-0.4, -0.2) is 63.5 Å². The van der Waals surface area contributed by atoms with Crippen molar-refractivity contribution in [2.45, 2.75) is 51.2 Å². The summed E-state index contributed by atoms with van der Waals surface area (Å²) in [6.45, 7) is 7.37. The van der Waals surface area contributed by atoms with E-state index in [2.05, 4.69) is 33.9 Å². The minimum absolute atomic E-state index is 0. The minimum Gasteiger partial charge on any atom is -0.376 e. The number of fused-ring (bicyclic) bond motifs is 2. The average molecular weight is 489 g/mol. The summed E-state index contributed by atoms with van der Waals surface area (Å²) in [5, 5.41) is 7.55. The van der Waals surface area contributed by atoms with Gasteiger partial charge in [0, 0.05) is 43.1 Å². The van der Waals surface area contributed by atoms with Crippen LogP contribution in [0, 0.1) is 11.2 Å². The van der Waals surface area contributed by atoms with Gasteiger partial charge in [-0.2, -0.15) is 5.10 Å². The topological polar surface area (TPSA) is 109 Å². The molecule has 0 aromatic carbocycles. The number of nitrogens with zero attached hydrogens (tertiary/aromatic N) is 6. The third kappa shape index (κ3) is 3.59. The molecular formula is C23H30ClFN8O. The molecule has 3 aromatic heterocycles. The molecule has 0 amide bonds. The molecule has 6 rings (SSSR count). The van der Waals surface area contributed by atoms with Crippen LogP contribution < -0.4 is 15.5 Å². The standard InChI is InChI=1S/C23H29FN8O.ClH/c1-13-3-6-32(16-9-15(24)10-26-18(13)16)22-19-21(29-30-22)28-17(11-27-19)31-7-4-23(5-8-31)12-33-14(2)20(23)25;/h9-11,13-14,20H,3-8,12,25H2,1-2H3,(H,28,29,30);1H/t13-,14-,20+;/m0./s1. The van der Waals surface area contributed by atoms with Gasteiger partial charge < -0.3 is 20.3 Å². The molecule has 2 saturated heterocycles. The van der Waals surface area contributed by atoms with E-state index in [1.165, 1.54) is 12.3 Å². The molecule has 0 bridgehead atoms. The molecule has 0 saturated carbocycles. The average Bonchev–Trinajstić information content (AvgIpc) is 3.36. The van der Waals surface area contributed by atoms with Gasteiger partial charge in [0.1, 0.15) is 11.6 Å². The summed E-state index contributed by atoms with van der Waals surface area (Å²) in [7, 11) is 0. The Bertz CT molecular complexity index is 1200. The van der Waals surface area contributed by atoms with Crippen LogP contribution in [0.3, 0.4) is 0 Å². The van der Waals surface area contributed by atoms with E-state index in [4.69, 9.17) is 20.4 Å². The molecule has 3 N–H and O–H groups in total. The van der Waals surface area contributed by atoms with Gasteiger partial charge in [-0.05, 0) is 26.2 Å². The second-order valence-corrected chi connectivity index (χ2v) is 9.76. The van der Waals surface area contributed by atoms with E-state index in [0.29, 0.717) is 17.0 Å². The highest BCUT2D eigenvalue weighted by Gasteiger charge is 2.47. The maximum absolute atomic E-state index is 14.0. The number of halogens is 2. The van der Waals surface area contributed by atoms with Crippen LogP contribution in [-0.2, 0) is 4.74 Å². The molecule has 3 aliphatic heterocycles. The van der Waals surface area contributed by atoms with Crippen molar-refractivity contribution in [1.29, 1.82) is 0 Å². The Labute approximate surface area is 203 Å². The van der Waals surface area contributed by atoms with Crippen LogP contribution in [0.2, 0.25) is 0 Å². The summed E-state index contributed by atoms with van der Waals surface area (Å²) in [6.07, 6.45) is 6.07. The lowest BCUT2D eigenvalue weighted by atomic mass is 9.73. The highest BCUT2D eigenvalue weighted by atomic mass is 35.5. The van der Waals surface area contributed by atoms with Gasteiger partial charge in [0.05, 0.1) is 36.5 Å². The van der Waals surface area contributed by atoms with Crippen molar-refractivity contribution in [2.75, 3.05) is 36.0 Å². The zero-order valence-electron chi connectivity index (χ0n) is 19.4. The van der Waals surface area contributed by atoms with Gasteiger partial charge >= 0.3 is 0 Å². The van der Waals surface area contributed by atoms with Crippen molar-refractivity contribution in [1.82, 2.24) is 25.1 Å². The largest absolute Gasteiger partial charge is 0.376 e. The van der Waals surface area contributed by atoms with Gasteiger partial charge in [-0.3, -0.25) is 10.1 Å². The minimum atomic E-state index is -0.356. The first-order valence-electron chi connectivity index (χ1n) is 11.7. The zero-order chi connectivity index (χ0) is 22.7. The summed E-state index contributed by atoms with van der Waals surface area (Å²) in [5.41, 5.74) is 9.46. The highest BCUT2D eigenvalue weighted by molar-refractivity contribution is 5.87. The van der Waals surface area contributed by atoms with Crippen molar-refractivity contribution in [3.05, 3.63) is 30.0 Å². The second kappa shape index (κ2) is 8.58. The number of pyridine rings is 1. The van der Waals surface area contributed by atoms with Crippen molar-refractivity contribution in [3.8, 4) is 0 Å². The number of rotatable bonds is 2. The van der Waals surface area contributed by atoms with E-state index in [1.807, 2.05) is 11.1 Å². The number of aromatic amines is 1. The first kappa shape index (κ1) is 23.2. The number of nitrogens with one attached hydrogen (secondary N) is 1. The fourth-order valence-corrected chi connectivity index (χ4v) is 5.61. The predicted molar refractivity (Wildman–Crippen MR) is 130 cm³/mol. The molecule has 0 aliphatic carbocycles. The van der Waals surface area contributed by atoms with Crippen LogP contribution in [0.15, 0.2) is 18.5 Å². The number of ether oxygens (including phenoxy) is 1.